The monoisotopic (exact) mass is 463 g/mol. The molecule has 2 aliphatic rings. The molecule has 0 aromatic heterocycles. The minimum absolute atomic E-state index is 0.0564. The van der Waals surface area contributed by atoms with Crippen LogP contribution in [-0.2, 0) is 19.6 Å². The third-order valence-corrected chi connectivity index (χ3v) is 7.78. The summed E-state index contributed by atoms with van der Waals surface area (Å²) in [4.78, 5) is 29.0. The SMILES string of the molecule is COc1ccccc1N1C(=O)CC(N2CCN(S(=O)(=O)c3ccc(Cl)cc3)CC2)C1=O. The van der Waals surface area contributed by atoms with Crippen LogP contribution in [0.5, 0.6) is 5.75 Å². The minimum Gasteiger partial charge on any atom is -0.495 e. The van der Waals surface area contributed by atoms with Crippen LogP contribution in [0.15, 0.2) is 53.4 Å². The number of sulfonamides is 1. The highest BCUT2D eigenvalue weighted by Crippen LogP contribution is 2.33. The minimum atomic E-state index is -3.64. The average Bonchev–Trinajstić information content (AvgIpc) is 3.07. The lowest BCUT2D eigenvalue weighted by atomic mass is 10.2. The normalized spacial score (nSPS) is 21.0. The maximum atomic E-state index is 13.1. The van der Waals surface area contributed by atoms with Gasteiger partial charge in [0.05, 0.1) is 30.2 Å². The van der Waals surface area contributed by atoms with E-state index in [-0.39, 0.29) is 36.2 Å². The molecule has 2 fully saturated rings. The van der Waals surface area contributed by atoms with E-state index < -0.39 is 16.1 Å². The van der Waals surface area contributed by atoms with Crippen LogP contribution in [0.4, 0.5) is 5.69 Å². The quantitative estimate of drug-likeness (QED) is 0.630. The first-order chi connectivity index (χ1) is 14.8. The second kappa shape index (κ2) is 8.58. The summed E-state index contributed by atoms with van der Waals surface area (Å²) in [6, 6.07) is 12.3. The summed E-state index contributed by atoms with van der Waals surface area (Å²) < 4.78 is 32.4. The Morgan fingerprint density at radius 1 is 0.968 bits per heavy atom. The van der Waals surface area contributed by atoms with Gasteiger partial charge in [0.1, 0.15) is 5.75 Å². The Morgan fingerprint density at radius 2 is 1.61 bits per heavy atom. The molecule has 1 atom stereocenters. The van der Waals surface area contributed by atoms with E-state index in [0.717, 1.165) is 0 Å². The van der Waals surface area contributed by atoms with E-state index in [1.54, 1.807) is 36.4 Å². The van der Waals surface area contributed by atoms with Crippen molar-refractivity contribution < 1.29 is 22.7 Å². The number of nitrogens with zero attached hydrogens (tertiary/aromatic N) is 3. The van der Waals surface area contributed by atoms with Gasteiger partial charge in [0.25, 0.3) is 5.91 Å². The summed E-state index contributed by atoms with van der Waals surface area (Å²) in [6.45, 7) is 1.18. The number of carbonyl (C=O) groups excluding carboxylic acids is 2. The number of amides is 2. The first-order valence-electron chi connectivity index (χ1n) is 9.82. The molecular formula is C21H22ClN3O5S. The fourth-order valence-corrected chi connectivity index (χ4v) is 5.53. The van der Waals surface area contributed by atoms with Crippen LogP contribution in [0, 0.1) is 0 Å². The Balaban J connectivity index is 1.46. The predicted molar refractivity (Wildman–Crippen MR) is 116 cm³/mol. The van der Waals surface area contributed by atoms with Gasteiger partial charge in [-0.2, -0.15) is 4.31 Å². The van der Waals surface area contributed by atoms with Crippen molar-refractivity contribution in [2.24, 2.45) is 0 Å². The Kier molecular flexibility index (Phi) is 6.02. The molecule has 0 N–H and O–H groups in total. The molecule has 31 heavy (non-hydrogen) atoms. The Hall–Kier alpha value is -2.46. The maximum Gasteiger partial charge on any atom is 0.251 e. The zero-order valence-electron chi connectivity index (χ0n) is 16.9. The topological polar surface area (TPSA) is 87.2 Å². The van der Waals surface area contributed by atoms with E-state index in [1.807, 2.05) is 4.90 Å². The summed E-state index contributed by atoms with van der Waals surface area (Å²) in [5.74, 6) is -0.164. The first kappa shape index (κ1) is 21.8. The van der Waals surface area contributed by atoms with Crippen LogP contribution in [0.2, 0.25) is 5.02 Å². The highest BCUT2D eigenvalue weighted by molar-refractivity contribution is 7.89. The number of hydrogen-bond donors (Lipinski definition) is 0. The van der Waals surface area contributed by atoms with E-state index in [2.05, 4.69) is 0 Å². The molecular weight excluding hydrogens is 442 g/mol. The van der Waals surface area contributed by atoms with Gasteiger partial charge in [0.15, 0.2) is 0 Å². The molecule has 2 aromatic carbocycles. The number of halogens is 1. The standard InChI is InChI=1S/C21H22ClN3O5S/c1-30-19-5-3-2-4-17(19)25-20(26)14-18(21(25)27)23-10-12-24(13-11-23)31(28,29)16-8-6-15(22)7-9-16/h2-9,18H,10-14H2,1H3. The van der Waals surface area contributed by atoms with Crippen LogP contribution >= 0.6 is 11.6 Å². The van der Waals surface area contributed by atoms with E-state index in [0.29, 0.717) is 29.5 Å². The zero-order valence-corrected chi connectivity index (χ0v) is 18.5. The zero-order chi connectivity index (χ0) is 22.2. The number of piperazine rings is 1. The van der Waals surface area contributed by atoms with Crippen molar-refractivity contribution in [3.05, 3.63) is 53.6 Å². The van der Waals surface area contributed by atoms with E-state index in [9.17, 15) is 18.0 Å². The molecule has 0 saturated carbocycles. The van der Waals surface area contributed by atoms with Crippen LogP contribution in [0.1, 0.15) is 6.42 Å². The number of rotatable bonds is 5. The van der Waals surface area contributed by atoms with Gasteiger partial charge in [0.2, 0.25) is 15.9 Å². The third-order valence-electron chi connectivity index (χ3n) is 5.61. The van der Waals surface area contributed by atoms with Gasteiger partial charge in [-0.25, -0.2) is 13.3 Å². The van der Waals surface area contributed by atoms with Crippen LogP contribution < -0.4 is 9.64 Å². The number of carbonyl (C=O) groups is 2. The van der Waals surface area contributed by atoms with E-state index in [1.165, 1.54) is 28.4 Å². The summed E-state index contributed by atoms with van der Waals surface area (Å²) in [7, 11) is -2.16. The number of imide groups is 1. The lowest BCUT2D eigenvalue weighted by molar-refractivity contribution is -0.123. The molecule has 164 valence electrons. The molecule has 0 spiro atoms. The van der Waals surface area contributed by atoms with Gasteiger partial charge in [-0.15, -0.1) is 0 Å². The molecule has 0 aliphatic carbocycles. The smallest absolute Gasteiger partial charge is 0.251 e. The molecule has 10 heteroatoms. The highest BCUT2D eigenvalue weighted by Gasteiger charge is 2.44. The maximum absolute atomic E-state index is 13.1. The Bertz CT molecular complexity index is 1100. The molecule has 2 aromatic rings. The van der Waals surface area contributed by atoms with Crippen LogP contribution in [-0.4, -0.2) is 68.8 Å². The van der Waals surface area contributed by atoms with Crippen LogP contribution in [0.3, 0.4) is 0 Å². The Labute approximate surface area is 186 Å². The first-order valence-corrected chi connectivity index (χ1v) is 11.6. The number of anilines is 1. The van der Waals surface area contributed by atoms with Gasteiger partial charge < -0.3 is 4.74 Å². The van der Waals surface area contributed by atoms with Crippen molar-refractivity contribution >= 4 is 39.1 Å². The summed E-state index contributed by atoms with van der Waals surface area (Å²) >= 11 is 5.85. The lowest BCUT2D eigenvalue weighted by Crippen LogP contribution is -2.53. The largest absolute Gasteiger partial charge is 0.495 e. The predicted octanol–water partition coefficient (Wildman–Crippen LogP) is 1.99. The molecule has 0 bridgehead atoms. The molecule has 1 unspecified atom stereocenters. The van der Waals surface area contributed by atoms with Crippen molar-refractivity contribution in [2.45, 2.75) is 17.4 Å². The Morgan fingerprint density at radius 3 is 2.26 bits per heavy atom. The number of para-hydroxylation sites is 2. The summed E-state index contributed by atoms with van der Waals surface area (Å²) in [5.41, 5.74) is 0.423. The fraction of sp³-hybridized carbons (Fsp3) is 0.333. The van der Waals surface area contributed by atoms with Gasteiger partial charge in [-0.05, 0) is 36.4 Å². The molecule has 2 amide bonds. The molecule has 2 heterocycles. The fourth-order valence-electron chi connectivity index (χ4n) is 3.98. The number of methoxy groups -OCH3 is 1. The number of benzene rings is 2. The molecule has 2 saturated heterocycles. The van der Waals surface area contributed by atoms with Crippen molar-refractivity contribution in [2.75, 3.05) is 38.2 Å². The van der Waals surface area contributed by atoms with Gasteiger partial charge in [-0.3, -0.25) is 14.5 Å². The highest BCUT2D eigenvalue weighted by atomic mass is 35.5. The second-order valence-corrected chi connectivity index (χ2v) is 9.73. The molecule has 8 nitrogen and oxygen atoms in total. The third kappa shape index (κ3) is 4.06. The molecule has 4 rings (SSSR count). The van der Waals surface area contributed by atoms with Gasteiger partial charge in [0, 0.05) is 31.2 Å². The number of hydrogen-bond acceptors (Lipinski definition) is 6. The summed E-state index contributed by atoms with van der Waals surface area (Å²) in [5, 5.41) is 0.466. The van der Waals surface area contributed by atoms with Gasteiger partial charge in [-0.1, -0.05) is 23.7 Å². The van der Waals surface area contributed by atoms with E-state index >= 15 is 0 Å². The lowest BCUT2D eigenvalue weighted by Gasteiger charge is -2.36. The molecule has 0 radical (unpaired) electrons. The average molecular weight is 464 g/mol. The van der Waals surface area contributed by atoms with Crippen molar-refractivity contribution in [3.63, 3.8) is 0 Å². The second-order valence-electron chi connectivity index (χ2n) is 7.35. The van der Waals surface area contributed by atoms with Crippen LogP contribution in [0.25, 0.3) is 0 Å². The molecule has 2 aliphatic heterocycles. The van der Waals surface area contributed by atoms with Crippen molar-refractivity contribution in [1.82, 2.24) is 9.21 Å². The van der Waals surface area contributed by atoms with E-state index in [4.69, 9.17) is 16.3 Å². The number of ether oxygens (including phenoxy) is 1. The van der Waals surface area contributed by atoms with Gasteiger partial charge >= 0.3 is 0 Å². The summed E-state index contributed by atoms with van der Waals surface area (Å²) in [6.07, 6.45) is 0.0564. The van der Waals surface area contributed by atoms with Crippen molar-refractivity contribution in [3.8, 4) is 5.75 Å². The van der Waals surface area contributed by atoms with Crippen molar-refractivity contribution in [1.29, 1.82) is 0 Å².